The molecule has 2 aromatic carbocycles. The van der Waals surface area contributed by atoms with E-state index in [1.165, 1.54) is 32.3 Å². The molecule has 4 N–H and O–H groups in total. The Labute approximate surface area is 219 Å². The summed E-state index contributed by atoms with van der Waals surface area (Å²) in [7, 11) is 0. The van der Waals surface area contributed by atoms with Gasteiger partial charge in [0.15, 0.2) is 0 Å². The van der Waals surface area contributed by atoms with Crippen molar-refractivity contribution < 1.29 is 23.8 Å². The van der Waals surface area contributed by atoms with Gasteiger partial charge in [-0.15, -0.1) is 0 Å². The molecule has 0 spiro atoms. The standard InChI is InChI=1S/C26H29ClFN5O4/c1-15(24(29)34)16-10-17-21(13-23(16)37-9-6-33-4-7-36-8-5-33)30-14-31-25(17)32-22-12-19(27)20(28)11-18(22)26(2,3)35/h10-14,35H,1,4-9H2,2-3H3,(H2,29,34)(H,30,31,32). The Morgan fingerprint density at radius 3 is 2.70 bits per heavy atom. The SMILES string of the molecule is C=C(C(N)=O)c1cc2c(Nc3cc(Cl)c(F)cc3C(C)(C)O)ncnc2cc1OCCN1CCOCC1. The summed E-state index contributed by atoms with van der Waals surface area (Å²) in [4.78, 5) is 22.9. The van der Waals surface area contributed by atoms with E-state index < -0.39 is 17.3 Å². The number of primary amides is 1. The number of morpholine rings is 1. The number of nitrogens with two attached hydrogens (primary N) is 1. The van der Waals surface area contributed by atoms with E-state index in [0.717, 1.165) is 13.1 Å². The van der Waals surface area contributed by atoms with Gasteiger partial charge in [-0.2, -0.15) is 0 Å². The van der Waals surface area contributed by atoms with Crippen LogP contribution in [0.1, 0.15) is 25.0 Å². The number of hydrogen-bond acceptors (Lipinski definition) is 8. The number of anilines is 2. The van der Waals surface area contributed by atoms with E-state index in [-0.39, 0.29) is 16.2 Å². The number of benzene rings is 2. The van der Waals surface area contributed by atoms with Gasteiger partial charge in [0.2, 0.25) is 5.91 Å². The number of amides is 1. The van der Waals surface area contributed by atoms with Gasteiger partial charge >= 0.3 is 0 Å². The topological polar surface area (TPSA) is 123 Å². The first kappa shape index (κ1) is 26.7. The van der Waals surface area contributed by atoms with Crippen molar-refractivity contribution in [2.75, 3.05) is 44.8 Å². The van der Waals surface area contributed by atoms with Crippen LogP contribution in [0.25, 0.3) is 16.5 Å². The van der Waals surface area contributed by atoms with Gasteiger partial charge in [-0.3, -0.25) is 9.69 Å². The highest BCUT2D eigenvalue weighted by molar-refractivity contribution is 6.31. The second-order valence-corrected chi connectivity index (χ2v) is 9.64. The molecule has 196 valence electrons. The number of aromatic nitrogens is 2. The van der Waals surface area contributed by atoms with E-state index in [0.29, 0.717) is 60.1 Å². The van der Waals surface area contributed by atoms with Crippen LogP contribution in [-0.2, 0) is 15.1 Å². The Morgan fingerprint density at radius 2 is 2.03 bits per heavy atom. The number of rotatable bonds is 9. The molecule has 1 aliphatic rings. The third-order valence-electron chi connectivity index (χ3n) is 6.10. The largest absolute Gasteiger partial charge is 0.492 e. The lowest BCUT2D eigenvalue weighted by atomic mass is 9.96. The minimum absolute atomic E-state index is 0.0695. The molecule has 0 saturated carbocycles. The highest BCUT2D eigenvalue weighted by Gasteiger charge is 2.24. The molecule has 0 bridgehead atoms. The Balaban J connectivity index is 1.72. The summed E-state index contributed by atoms with van der Waals surface area (Å²) < 4.78 is 25.6. The molecule has 2 heterocycles. The molecule has 3 aromatic rings. The first-order valence-corrected chi connectivity index (χ1v) is 12.1. The number of fused-ring (bicyclic) bond motifs is 1. The zero-order valence-corrected chi connectivity index (χ0v) is 21.4. The maximum Gasteiger partial charge on any atom is 0.248 e. The maximum absolute atomic E-state index is 14.2. The van der Waals surface area contributed by atoms with Crippen molar-refractivity contribution in [1.82, 2.24) is 14.9 Å². The summed E-state index contributed by atoms with van der Waals surface area (Å²) in [6.07, 6.45) is 1.36. The summed E-state index contributed by atoms with van der Waals surface area (Å²) in [5.41, 5.74) is 5.82. The van der Waals surface area contributed by atoms with Crippen LogP contribution in [0.2, 0.25) is 5.02 Å². The van der Waals surface area contributed by atoms with Crippen LogP contribution in [0.3, 0.4) is 0 Å². The van der Waals surface area contributed by atoms with Gasteiger partial charge < -0.3 is 25.6 Å². The van der Waals surface area contributed by atoms with E-state index in [9.17, 15) is 14.3 Å². The molecule has 9 nitrogen and oxygen atoms in total. The predicted octanol–water partition coefficient (Wildman–Crippen LogP) is 3.60. The first-order chi connectivity index (χ1) is 17.5. The molecule has 37 heavy (non-hydrogen) atoms. The minimum atomic E-state index is -1.37. The lowest BCUT2D eigenvalue weighted by Gasteiger charge is -2.26. The Hall–Kier alpha value is -3.31. The molecule has 1 saturated heterocycles. The lowest BCUT2D eigenvalue weighted by molar-refractivity contribution is -0.112. The van der Waals surface area contributed by atoms with Crippen LogP contribution in [-0.4, -0.2) is 65.3 Å². The predicted molar refractivity (Wildman–Crippen MR) is 140 cm³/mol. The van der Waals surface area contributed by atoms with Crippen molar-refractivity contribution in [3.05, 3.63) is 59.1 Å². The quantitative estimate of drug-likeness (QED) is 0.359. The van der Waals surface area contributed by atoms with Crippen LogP contribution in [0, 0.1) is 5.82 Å². The summed E-state index contributed by atoms with van der Waals surface area (Å²) in [6.45, 7) is 11.0. The van der Waals surface area contributed by atoms with Crippen LogP contribution in [0.5, 0.6) is 5.75 Å². The molecule has 4 rings (SSSR count). The molecular formula is C26H29ClFN5O4. The van der Waals surface area contributed by atoms with Gasteiger partial charge in [0.1, 0.15) is 30.3 Å². The highest BCUT2D eigenvalue weighted by atomic mass is 35.5. The molecular weight excluding hydrogens is 501 g/mol. The number of hydrogen-bond donors (Lipinski definition) is 3. The van der Waals surface area contributed by atoms with Gasteiger partial charge in [-0.1, -0.05) is 18.2 Å². The van der Waals surface area contributed by atoms with Crippen molar-refractivity contribution >= 4 is 45.5 Å². The molecule has 0 atom stereocenters. The third kappa shape index (κ3) is 6.16. The van der Waals surface area contributed by atoms with Gasteiger partial charge in [0.25, 0.3) is 0 Å². The van der Waals surface area contributed by atoms with E-state index in [2.05, 4.69) is 26.8 Å². The fourth-order valence-electron chi connectivity index (χ4n) is 4.06. The van der Waals surface area contributed by atoms with Crippen LogP contribution >= 0.6 is 11.6 Å². The number of nitrogens with zero attached hydrogens (tertiary/aromatic N) is 3. The number of carbonyl (C=O) groups excluding carboxylic acids is 1. The summed E-state index contributed by atoms with van der Waals surface area (Å²) in [6, 6.07) is 5.92. The number of ether oxygens (including phenoxy) is 2. The molecule has 1 fully saturated rings. The number of nitrogens with one attached hydrogen (secondary N) is 1. The third-order valence-corrected chi connectivity index (χ3v) is 6.39. The van der Waals surface area contributed by atoms with Crippen molar-refractivity contribution in [2.24, 2.45) is 5.73 Å². The maximum atomic E-state index is 14.2. The highest BCUT2D eigenvalue weighted by Crippen LogP contribution is 2.37. The smallest absolute Gasteiger partial charge is 0.248 e. The zero-order chi connectivity index (χ0) is 26.7. The summed E-state index contributed by atoms with van der Waals surface area (Å²) in [5.74, 6) is -0.595. The molecule has 0 unspecified atom stereocenters. The molecule has 11 heteroatoms. The fourth-order valence-corrected chi connectivity index (χ4v) is 4.23. The second-order valence-electron chi connectivity index (χ2n) is 9.23. The second kappa shape index (κ2) is 11.0. The molecule has 0 aliphatic carbocycles. The Morgan fingerprint density at radius 1 is 1.30 bits per heavy atom. The fraction of sp³-hybridized carbons (Fsp3) is 0.346. The average molecular weight is 530 g/mol. The van der Waals surface area contributed by atoms with Crippen LogP contribution in [0.15, 0.2) is 37.2 Å². The number of halogens is 2. The number of carbonyl (C=O) groups is 1. The van der Waals surface area contributed by atoms with Gasteiger partial charge in [0, 0.05) is 53.5 Å². The minimum Gasteiger partial charge on any atom is -0.492 e. The monoisotopic (exact) mass is 529 g/mol. The first-order valence-electron chi connectivity index (χ1n) is 11.7. The Bertz CT molecular complexity index is 1340. The van der Waals surface area contributed by atoms with Crippen LogP contribution < -0.4 is 15.8 Å². The van der Waals surface area contributed by atoms with Crippen molar-refractivity contribution in [1.29, 1.82) is 0 Å². The van der Waals surface area contributed by atoms with Gasteiger partial charge in [-0.25, -0.2) is 14.4 Å². The van der Waals surface area contributed by atoms with Gasteiger partial charge in [0.05, 0.1) is 29.4 Å². The summed E-state index contributed by atoms with van der Waals surface area (Å²) >= 11 is 6.03. The average Bonchev–Trinajstić information content (AvgIpc) is 2.85. The normalized spacial score (nSPS) is 14.5. The van der Waals surface area contributed by atoms with Crippen molar-refractivity contribution in [3.63, 3.8) is 0 Å². The number of aliphatic hydroxyl groups is 1. The van der Waals surface area contributed by atoms with Crippen molar-refractivity contribution in [3.8, 4) is 5.75 Å². The summed E-state index contributed by atoms with van der Waals surface area (Å²) in [5, 5.41) is 14.1. The van der Waals surface area contributed by atoms with Crippen molar-refractivity contribution in [2.45, 2.75) is 19.4 Å². The van der Waals surface area contributed by atoms with E-state index >= 15 is 0 Å². The lowest BCUT2D eigenvalue weighted by Crippen LogP contribution is -2.38. The molecule has 1 aliphatic heterocycles. The molecule has 1 aromatic heterocycles. The van der Waals surface area contributed by atoms with Crippen LogP contribution in [0.4, 0.5) is 15.9 Å². The molecule has 1 amide bonds. The zero-order valence-electron chi connectivity index (χ0n) is 20.7. The molecule has 0 radical (unpaired) electrons. The van der Waals surface area contributed by atoms with Gasteiger partial charge in [-0.05, 0) is 32.0 Å². The van der Waals surface area contributed by atoms with E-state index in [1.807, 2.05) is 0 Å². The Kier molecular flexibility index (Phi) is 7.93. The van der Waals surface area contributed by atoms with E-state index in [4.69, 9.17) is 26.8 Å². The van der Waals surface area contributed by atoms with E-state index in [1.54, 1.807) is 12.1 Å².